The van der Waals surface area contributed by atoms with Crippen molar-refractivity contribution in [2.24, 2.45) is 0 Å². The van der Waals surface area contributed by atoms with Crippen LogP contribution >= 0.6 is 11.9 Å². The summed E-state index contributed by atoms with van der Waals surface area (Å²) in [5, 5.41) is 2.32. The lowest BCUT2D eigenvalue weighted by molar-refractivity contribution is 0.233. The number of hydrogen-bond acceptors (Lipinski definition) is 5. The fourth-order valence-corrected chi connectivity index (χ4v) is 3.54. The molecule has 0 N–H and O–H groups in total. The molecule has 112 valence electrons. The van der Waals surface area contributed by atoms with E-state index >= 15 is 0 Å². The SMILES string of the molecule is CCOc1nccc2c(SN3CCN(C)CC3)cccc12. The fraction of sp³-hybridized carbons (Fsp3) is 0.438. The zero-order valence-electron chi connectivity index (χ0n) is 12.6. The molecule has 2 heterocycles. The first kappa shape index (κ1) is 14.6. The van der Waals surface area contributed by atoms with Gasteiger partial charge in [-0.05, 0) is 44.1 Å². The van der Waals surface area contributed by atoms with Gasteiger partial charge in [-0.25, -0.2) is 9.29 Å². The quantitative estimate of drug-likeness (QED) is 0.810. The van der Waals surface area contributed by atoms with Gasteiger partial charge in [0.05, 0.1) is 6.61 Å². The minimum atomic E-state index is 0.641. The second-order valence-electron chi connectivity index (χ2n) is 5.22. The van der Waals surface area contributed by atoms with E-state index in [0.717, 1.165) is 37.4 Å². The highest BCUT2D eigenvalue weighted by Gasteiger charge is 2.16. The highest BCUT2D eigenvalue weighted by Crippen LogP contribution is 2.33. The number of aromatic nitrogens is 1. The lowest BCUT2D eigenvalue weighted by Crippen LogP contribution is -2.40. The third-order valence-electron chi connectivity index (χ3n) is 3.70. The molecule has 21 heavy (non-hydrogen) atoms. The van der Waals surface area contributed by atoms with Crippen molar-refractivity contribution in [2.45, 2.75) is 11.8 Å². The van der Waals surface area contributed by atoms with E-state index < -0.39 is 0 Å². The predicted molar refractivity (Wildman–Crippen MR) is 87.8 cm³/mol. The van der Waals surface area contributed by atoms with Crippen LogP contribution in [0.1, 0.15) is 6.92 Å². The van der Waals surface area contributed by atoms with Crippen molar-refractivity contribution >= 4 is 22.7 Å². The van der Waals surface area contributed by atoms with E-state index in [9.17, 15) is 0 Å². The van der Waals surface area contributed by atoms with Gasteiger partial charge < -0.3 is 9.64 Å². The van der Waals surface area contributed by atoms with Gasteiger partial charge in [-0.3, -0.25) is 0 Å². The zero-order valence-corrected chi connectivity index (χ0v) is 13.4. The maximum Gasteiger partial charge on any atom is 0.221 e. The molecule has 0 aliphatic carbocycles. The molecular formula is C16H21N3OS. The normalized spacial score (nSPS) is 17.2. The van der Waals surface area contributed by atoms with E-state index in [2.05, 4.69) is 45.5 Å². The van der Waals surface area contributed by atoms with E-state index in [1.807, 2.05) is 25.1 Å². The molecule has 0 radical (unpaired) electrons. The van der Waals surface area contributed by atoms with Crippen LogP contribution in [0, 0.1) is 0 Å². The van der Waals surface area contributed by atoms with Gasteiger partial charge in [0.2, 0.25) is 5.88 Å². The second kappa shape index (κ2) is 6.64. The number of benzene rings is 1. The number of piperazine rings is 1. The van der Waals surface area contributed by atoms with E-state index in [1.54, 1.807) is 0 Å². The standard InChI is InChI=1S/C16H21N3OS/c1-3-20-16-14-5-4-6-15(13(14)7-8-17-16)21-19-11-9-18(2)10-12-19/h4-8H,3,9-12H2,1-2H3. The molecule has 0 saturated carbocycles. The molecule has 3 rings (SSSR count). The van der Waals surface area contributed by atoms with E-state index in [4.69, 9.17) is 4.74 Å². The number of likely N-dealkylation sites (N-methyl/N-ethyl adjacent to an activating group) is 1. The summed E-state index contributed by atoms with van der Waals surface area (Å²) in [5.74, 6) is 0.732. The summed E-state index contributed by atoms with van der Waals surface area (Å²) >= 11 is 1.85. The van der Waals surface area contributed by atoms with Gasteiger partial charge >= 0.3 is 0 Å². The number of pyridine rings is 1. The topological polar surface area (TPSA) is 28.6 Å². The zero-order chi connectivity index (χ0) is 14.7. The van der Waals surface area contributed by atoms with Crippen LogP contribution in [0.4, 0.5) is 0 Å². The molecule has 0 spiro atoms. The van der Waals surface area contributed by atoms with Gasteiger partial charge in [-0.15, -0.1) is 0 Å². The van der Waals surface area contributed by atoms with Gasteiger partial charge in [-0.2, -0.15) is 0 Å². The van der Waals surface area contributed by atoms with Crippen molar-refractivity contribution in [3.8, 4) is 5.88 Å². The van der Waals surface area contributed by atoms with E-state index in [-0.39, 0.29) is 0 Å². The summed E-state index contributed by atoms with van der Waals surface area (Å²) in [5.41, 5.74) is 0. The number of rotatable bonds is 4. The summed E-state index contributed by atoms with van der Waals surface area (Å²) in [6.45, 7) is 7.08. The van der Waals surface area contributed by atoms with E-state index in [1.165, 1.54) is 10.3 Å². The third-order valence-corrected chi connectivity index (χ3v) is 4.88. The van der Waals surface area contributed by atoms with Crippen LogP contribution in [0.15, 0.2) is 35.4 Å². The van der Waals surface area contributed by atoms with Gasteiger partial charge in [-0.1, -0.05) is 6.07 Å². The van der Waals surface area contributed by atoms with Gasteiger partial charge in [0, 0.05) is 48.0 Å². The van der Waals surface area contributed by atoms with Crippen LogP contribution in [0.3, 0.4) is 0 Å². The minimum Gasteiger partial charge on any atom is -0.478 e. The van der Waals surface area contributed by atoms with Gasteiger partial charge in [0.1, 0.15) is 0 Å². The second-order valence-corrected chi connectivity index (χ2v) is 6.36. The van der Waals surface area contributed by atoms with Crippen LogP contribution < -0.4 is 4.74 Å². The predicted octanol–water partition coefficient (Wildman–Crippen LogP) is 2.89. The number of ether oxygens (including phenoxy) is 1. The van der Waals surface area contributed by atoms with E-state index in [0.29, 0.717) is 6.61 Å². The smallest absolute Gasteiger partial charge is 0.221 e. The Morgan fingerprint density at radius 2 is 1.95 bits per heavy atom. The van der Waals surface area contributed by atoms with Crippen molar-refractivity contribution in [3.05, 3.63) is 30.5 Å². The summed E-state index contributed by atoms with van der Waals surface area (Å²) < 4.78 is 8.08. The van der Waals surface area contributed by atoms with Crippen LogP contribution in [0.25, 0.3) is 10.8 Å². The minimum absolute atomic E-state index is 0.641. The molecule has 1 aromatic carbocycles. The molecule has 4 nitrogen and oxygen atoms in total. The summed E-state index contributed by atoms with van der Waals surface area (Å²) in [4.78, 5) is 7.99. The van der Waals surface area contributed by atoms with Crippen LogP contribution in [-0.4, -0.2) is 54.0 Å². The van der Waals surface area contributed by atoms with Crippen molar-refractivity contribution in [2.75, 3.05) is 39.8 Å². The molecule has 0 unspecified atom stereocenters. The Labute approximate surface area is 130 Å². The Morgan fingerprint density at radius 1 is 1.14 bits per heavy atom. The maximum absolute atomic E-state index is 5.64. The Hall–Kier alpha value is -1.30. The first-order chi connectivity index (χ1) is 10.3. The Bertz CT molecular complexity index is 611. The molecule has 2 aromatic rings. The summed E-state index contributed by atoms with van der Waals surface area (Å²) in [6, 6.07) is 8.43. The van der Waals surface area contributed by atoms with Crippen molar-refractivity contribution in [3.63, 3.8) is 0 Å². The fourth-order valence-electron chi connectivity index (χ4n) is 2.50. The molecule has 0 atom stereocenters. The number of hydrogen-bond donors (Lipinski definition) is 0. The lowest BCUT2D eigenvalue weighted by Gasteiger charge is -2.31. The first-order valence-corrected chi connectivity index (χ1v) is 8.17. The van der Waals surface area contributed by atoms with Crippen LogP contribution in [0.5, 0.6) is 5.88 Å². The molecule has 0 amide bonds. The Balaban J connectivity index is 1.87. The van der Waals surface area contributed by atoms with Crippen LogP contribution in [0.2, 0.25) is 0 Å². The molecule has 1 aliphatic heterocycles. The summed E-state index contributed by atoms with van der Waals surface area (Å²) in [7, 11) is 2.18. The van der Waals surface area contributed by atoms with Crippen molar-refractivity contribution < 1.29 is 4.74 Å². The average Bonchev–Trinajstić information content (AvgIpc) is 2.51. The van der Waals surface area contributed by atoms with Crippen molar-refractivity contribution in [1.82, 2.24) is 14.2 Å². The maximum atomic E-state index is 5.64. The summed E-state index contributed by atoms with van der Waals surface area (Å²) in [6.07, 6.45) is 1.83. The molecule has 1 aliphatic rings. The largest absolute Gasteiger partial charge is 0.478 e. The average molecular weight is 303 g/mol. The number of fused-ring (bicyclic) bond motifs is 1. The van der Waals surface area contributed by atoms with Crippen LogP contribution in [-0.2, 0) is 0 Å². The monoisotopic (exact) mass is 303 g/mol. The highest BCUT2D eigenvalue weighted by molar-refractivity contribution is 7.97. The third kappa shape index (κ3) is 3.31. The van der Waals surface area contributed by atoms with Gasteiger partial charge in [0.25, 0.3) is 0 Å². The molecule has 0 bridgehead atoms. The van der Waals surface area contributed by atoms with Gasteiger partial charge in [0.15, 0.2) is 0 Å². The lowest BCUT2D eigenvalue weighted by atomic mass is 10.2. The molecule has 1 aromatic heterocycles. The number of nitrogens with zero attached hydrogens (tertiary/aromatic N) is 3. The van der Waals surface area contributed by atoms with Crippen molar-refractivity contribution in [1.29, 1.82) is 0 Å². The molecule has 1 saturated heterocycles. The first-order valence-electron chi connectivity index (χ1n) is 7.40. The highest BCUT2D eigenvalue weighted by atomic mass is 32.2. The molecule has 5 heteroatoms. The molecular weight excluding hydrogens is 282 g/mol. The Kier molecular flexibility index (Phi) is 4.63. The molecule has 1 fully saturated rings. The Morgan fingerprint density at radius 3 is 2.71 bits per heavy atom.